The molecule has 0 aliphatic rings. The Balaban J connectivity index is 4.07. The number of nitrogens with zero attached hydrogens (tertiary/aromatic N) is 1. The fourth-order valence-electron chi connectivity index (χ4n) is 2.53. The summed E-state index contributed by atoms with van der Waals surface area (Å²) in [5.41, 5.74) is 0. The number of aliphatic hydroxyl groups is 2. The van der Waals surface area contributed by atoms with Crippen LogP contribution in [-0.2, 0) is 9.53 Å². The first-order chi connectivity index (χ1) is 10.6. The van der Waals surface area contributed by atoms with E-state index in [2.05, 4.69) is 6.92 Å². The van der Waals surface area contributed by atoms with Crippen LogP contribution in [-0.4, -0.2) is 72.0 Å². The fraction of sp³-hybridized carbons (Fsp3) is 0.938. The first-order valence-corrected chi connectivity index (χ1v) is 8.46. The molecule has 22 heavy (non-hydrogen) atoms. The molecule has 0 aromatic rings. The lowest BCUT2D eigenvalue weighted by atomic mass is 10.1. The van der Waals surface area contributed by atoms with Gasteiger partial charge in [-0.15, -0.1) is 0 Å². The van der Waals surface area contributed by atoms with E-state index in [4.69, 9.17) is 9.84 Å². The second kappa shape index (κ2) is 13.9. The highest BCUT2D eigenvalue weighted by Crippen LogP contribution is 2.10. The van der Waals surface area contributed by atoms with Crippen molar-refractivity contribution in [2.45, 2.75) is 51.9 Å². The predicted molar refractivity (Wildman–Crippen MR) is 85.5 cm³/mol. The molecule has 0 unspecified atom stereocenters. The minimum absolute atomic E-state index is 0.0143. The molecule has 0 aliphatic carbocycles. The van der Waals surface area contributed by atoms with Gasteiger partial charge in [0.25, 0.3) is 0 Å². The zero-order valence-electron chi connectivity index (χ0n) is 14.0. The van der Waals surface area contributed by atoms with Crippen LogP contribution in [0.3, 0.4) is 0 Å². The zero-order chi connectivity index (χ0) is 16.7. The van der Waals surface area contributed by atoms with Gasteiger partial charge in [0, 0.05) is 0 Å². The van der Waals surface area contributed by atoms with E-state index in [9.17, 15) is 15.0 Å². The number of carboxylic acids is 1. The molecule has 6 nitrogen and oxygen atoms in total. The summed E-state index contributed by atoms with van der Waals surface area (Å²) in [5.74, 6) is -0.866. The summed E-state index contributed by atoms with van der Waals surface area (Å²) in [6, 6.07) is 0. The van der Waals surface area contributed by atoms with E-state index in [1.807, 2.05) is 0 Å². The summed E-state index contributed by atoms with van der Waals surface area (Å²) >= 11 is 0. The van der Waals surface area contributed by atoms with Crippen molar-refractivity contribution in [2.75, 3.05) is 46.2 Å². The molecule has 0 heterocycles. The molecule has 0 radical (unpaired) electrons. The number of carbonyl (C=O) groups is 1. The number of quaternary nitrogens is 1. The first-order valence-electron chi connectivity index (χ1n) is 8.46. The lowest BCUT2D eigenvalue weighted by Gasteiger charge is -2.36. The lowest BCUT2D eigenvalue weighted by Crippen LogP contribution is -2.54. The SMILES string of the molecule is CCCCCCCCOC[N+](CCO)(CCO)CCC(=O)O. The van der Waals surface area contributed by atoms with Crippen molar-refractivity contribution < 1.29 is 29.3 Å². The van der Waals surface area contributed by atoms with Gasteiger partial charge in [-0.3, -0.25) is 9.28 Å². The van der Waals surface area contributed by atoms with E-state index >= 15 is 0 Å². The number of aliphatic carboxylic acids is 1. The van der Waals surface area contributed by atoms with Crippen molar-refractivity contribution in [3.63, 3.8) is 0 Å². The van der Waals surface area contributed by atoms with Gasteiger partial charge in [0.15, 0.2) is 6.73 Å². The van der Waals surface area contributed by atoms with E-state index in [0.717, 1.165) is 12.8 Å². The minimum Gasteiger partial charge on any atom is -0.481 e. The summed E-state index contributed by atoms with van der Waals surface area (Å²) in [4.78, 5) is 10.8. The van der Waals surface area contributed by atoms with Crippen molar-refractivity contribution in [1.82, 2.24) is 0 Å². The number of hydrogen-bond acceptors (Lipinski definition) is 4. The Labute approximate surface area is 134 Å². The number of hydrogen-bond donors (Lipinski definition) is 3. The molecule has 3 N–H and O–H groups in total. The van der Waals surface area contributed by atoms with Crippen molar-refractivity contribution in [3.8, 4) is 0 Å². The summed E-state index contributed by atoms with van der Waals surface area (Å²) in [7, 11) is 0. The molecule has 0 saturated carbocycles. The summed E-state index contributed by atoms with van der Waals surface area (Å²) in [6.07, 6.45) is 7.18. The van der Waals surface area contributed by atoms with Gasteiger partial charge in [-0.1, -0.05) is 39.0 Å². The monoisotopic (exact) mass is 320 g/mol. The molecule has 0 rings (SSSR count). The molecule has 0 fully saturated rings. The molecular weight excluding hydrogens is 286 g/mol. The van der Waals surface area contributed by atoms with Crippen LogP contribution in [0.15, 0.2) is 0 Å². The van der Waals surface area contributed by atoms with E-state index < -0.39 is 5.97 Å². The number of carboxylic acid groups (broad SMARTS) is 1. The quantitative estimate of drug-likeness (QED) is 0.228. The summed E-state index contributed by atoms with van der Waals surface area (Å²) in [6.45, 7) is 4.29. The van der Waals surface area contributed by atoms with Crippen LogP contribution in [0.4, 0.5) is 0 Å². The van der Waals surface area contributed by atoms with Gasteiger partial charge in [-0.05, 0) is 6.42 Å². The van der Waals surface area contributed by atoms with Gasteiger partial charge in [0.1, 0.15) is 13.1 Å². The van der Waals surface area contributed by atoms with Crippen LogP contribution < -0.4 is 0 Å². The van der Waals surface area contributed by atoms with Crippen LogP contribution in [0.2, 0.25) is 0 Å². The number of ether oxygens (including phenoxy) is 1. The molecule has 0 aromatic carbocycles. The van der Waals surface area contributed by atoms with Gasteiger partial charge >= 0.3 is 5.97 Å². The Morgan fingerprint density at radius 1 is 0.955 bits per heavy atom. The Morgan fingerprint density at radius 3 is 2.09 bits per heavy atom. The summed E-state index contributed by atoms with van der Waals surface area (Å²) in [5, 5.41) is 27.3. The molecule has 0 aromatic heterocycles. The molecule has 0 atom stereocenters. The molecule has 0 aliphatic heterocycles. The smallest absolute Gasteiger partial charge is 0.309 e. The Morgan fingerprint density at radius 2 is 1.55 bits per heavy atom. The van der Waals surface area contributed by atoms with Crippen molar-refractivity contribution in [3.05, 3.63) is 0 Å². The molecule has 0 bridgehead atoms. The largest absolute Gasteiger partial charge is 0.481 e. The number of rotatable bonds is 16. The van der Waals surface area contributed by atoms with Crippen molar-refractivity contribution >= 4 is 5.97 Å². The van der Waals surface area contributed by atoms with Crippen LogP contribution >= 0.6 is 0 Å². The highest BCUT2D eigenvalue weighted by atomic mass is 16.5. The third kappa shape index (κ3) is 11.0. The predicted octanol–water partition coefficient (Wildman–Crippen LogP) is 1.60. The topological polar surface area (TPSA) is 87.0 Å². The van der Waals surface area contributed by atoms with Crippen LogP contribution in [0.5, 0.6) is 0 Å². The van der Waals surface area contributed by atoms with Crippen molar-refractivity contribution in [2.24, 2.45) is 0 Å². The normalized spacial score (nSPS) is 11.8. The highest BCUT2D eigenvalue weighted by molar-refractivity contribution is 5.66. The zero-order valence-corrected chi connectivity index (χ0v) is 14.0. The maximum absolute atomic E-state index is 10.8. The third-order valence-corrected chi connectivity index (χ3v) is 3.96. The first kappa shape index (κ1) is 21.3. The molecule has 132 valence electrons. The Bertz CT molecular complexity index is 267. The van der Waals surface area contributed by atoms with Gasteiger partial charge in [-0.2, -0.15) is 0 Å². The van der Waals surface area contributed by atoms with E-state index in [1.165, 1.54) is 25.7 Å². The van der Waals surface area contributed by atoms with Gasteiger partial charge in [0.05, 0.1) is 32.8 Å². The molecule has 0 saturated heterocycles. The second-order valence-corrected chi connectivity index (χ2v) is 5.91. The van der Waals surface area contributed by atoms with Gasteiger partial charge in [0.2, 0.25) is 0 Å². The van der Waals surface area contributed by atoms with Crippen LogP contribution in [0, 0.1) is 0 Å². The maximum atomic E-state index is 10.8. The van der Waals surface area contributed by atoms with Crippen LogP contribution in [0.1, 0.15) is 51.9 Å². The Hall–Kier alpha value is -0.690. The van der Waals surface area contributed by atoms with Gasteiger partial charge in [-0.25, -0.2) is 0 Å². The molecule has 6 heteroatoms. The standard InChI is InChI=1S/C16H33NO5/c1-2-3-4-5-6-7-14-22-15-17(10-12-18,11-13-19)9-8-16(20)21/h18-19H,2-15H2,1H3/p+1. The molecule has 0 spiro atoms. The highest BCUT2D eigenvalue weighted by Gasteiger charge is 2.27. The fourth-order valence-corrected chi connectivity index (χ4v) is 2.53. The van der Waals surface area contributed by atoms with E-state index in [1.54, 1.807) is 0 Å². The summed E-state index contributed by atoms with van der Waals surface area (Å²) < 4.78 is 6.00. The average Bonchev–Trinajstić information content (AvgIpc) is 2.48. The van der Waals surface area contributed by atoms with Gasteiger partial charge < -0.3 is 20.1 Å². The lowest BCUT2D eigenvalue weighted by molar-refractivity contribution is -0.945. The minimum atomic E-state index is -0.866. The number of unbranched alkanes of at least 4 members (excludes halogenated alkanes) is 5. The molecule has 0 amide bonds. The van der Waals surface area contributed by atoms with E-state index in [0.29, 0.717) is 37.5 Å². The third-order valence-electron chi connectivity index (χ3n) is 3.96. The maximum Gasteiger partial charge on any atom is 0.309 e. The molecular formula is C16H34NO5+. The van der Waals surface area contributed by atoms with E-state index in [-0.39, 0.29) is 19.6 Å². The second-order valence-electron chi connectivity index (χ2n) is 5.91. The number of aliphatic hydroxyl groups excluding tert-OH is 2. The average molecular weight is 320 g/mol. The van der Waals surface area contributed by atoms with Crippen LogP contribution in [0.25, 0.3) is 0 Å². The Kier molecular flexibility index (Phi) is 13.5. The van der Waals surface area contributed by atoms with Crippen molar-refractivity contribution in [1.29, 1.82) is 0 Å².